The van der Waals surface area contributed by atoms with Gasteiger partial charge in [0.05, 0.1) is 6.42 Å². The zero-order valence-electron chi connectivity index (χ0n) is 6.20. The summed E-state index contributed by atoms with van der Waals surface area (Å²) in [5.41, 5.74) is 0. The van der Waals surface area contributed by atoms with Crippen LogP contribution in [0, 0.1) is 10.1 Å². The summed E-state index contributed by atoms with van der Waals surface area (Å²) in [5, 5.41) is 11.2. The molecular weight excluding hydrogens is 152 g/mol. The Morgan fingerprint density at radius 1 is 1.73 bits per heavy atom. The topological polar surface area (TPSA) is 81.5 Å². The van der Waals surface area contributed by atoms with E-state index in [1.54, 1.807) is 6.92 Å². The largest absolute Gasteiger partial charge is 0.356 e. The van der Waals surface area contributed by atoms with Crippen LogP contribution in [0.5, 0.6) is 0 Å². The second-order valence-corrected chi connectivity index (χ2v) is 1.76. The predicted octanol–water partition coefficient (Wildman–Crippen LogP) is -0.279. The van der Waals surface area contributed by atoms with Gasteiger partial charge < -0.3 is 10.2 Å². The molecule has 0 radical (unpaired) electrons. The molecule has 0 spiro atoms. The Morgan fingerprint density at radius 2 is 2.36 bits per heavy atom. The highest BCUT2D eigenvalue weighted by atomic mass is 16.9. The van der Waals surface area contributed by atoms with Gasteiger partial charge in [0.2, 0.25) is 5.91 Å². The average Bonchev–Trinajstić information content (AvgIpc) is 1.87. The Morgan fingerprint density at radius 3 is 2.82 bits per heavy atom. The smallest absolute Gasteiger partial charge is 0.294 e. The minimum absolute atomic E-state index is 0.0226. The van der Waals surface area contributed by atoms with Gasteiger partial charge in [-0.15, -0.1) is 10.1 Å². The number of nitrogens with one attached hydrogen (secondary N) is 1. The van der Waals surface area contributed by atoms with Crippen molar-refractivity contribution in [3.8, 4) is 0 Å². The van der Waals surface area contributed by atoms with Crippen LogP contribution in [0.15, 0.2) is 0 Å². The fraction of sp³-hybridized carbons (Fsp3) is 0.800. The minimum Gasteiger partial charge on any atom is -0.356 e. The number of rotatable bonds is 5. The van der Waals surface area contributed by atoms with E-state index in [0.29, 0.717) is 6.54 Å². The first-order chi connectivity index (χ1) is 5.16. The number of carbonyl (C=O) groups is 1. The fourth-order valence-corrected chi connectivity index (χ4v) is 0.498. The van der Waals surface area contributed by atoms with Crippen LogP contribution in [0.2, 0.25) is 0 Å². The lowest BCUT2D eigenvalue weighted by Gasteiger charge is -1.99. The van der Waals surface area contributed by atoms with E-state index in [-0.39, 0.29) is 18.9 Å². The van der Waals surface area contributed by atoms with Crippen molar-refractivity contribution in [2.24, 2.45) is 0 Å². The normalized spacial score (nSPS) is 8.82. The third-order valence-electron chi connectivity index (χ3n) is 0.900. The molecule has 0 aliphatic carbocycles. The molecule has 0 aromatic rings. The van der Waals surface area contributed by atoms with Crippen LogP contribution in [-0.2, 0) is 9.63 Å². The van der Waals surface area contributed by atoms with Crippen molar-refractivity contribution in [1.82, 2.24) is 5.32 Å². The SMILES string of the molecule is CCNC(=O)CCO[N+](=O)[O-]. The van der Waals surface area contributed by atoms with E-state index in [1.807, 2.05) is 0 Å². The van der Waals surface area contributed by atoms with Gasteiger partial charge in [-0.3, -0.25) is 4.79 Å². The predicted molar refractivity (Wildman–Crippen MR) is 36.2 cm³/mol. The summed E-state index contributed by atoms with van der Waals surface area (Å²) in [6, 6.07) is 0. The molecule has 11 heavy (non-hydrogen) atoms. The lowest BCUT2D eigenvalue weighted by molar-refractivity contribution is -0.757. The maximum atomic E-state index is 10.6. The molecule has 0 atom stereocenters. The maximum absolute atomic E-state index is 10.6. The van der Waals surface area contributed by atoms with Gasteiger partial charge in [0.1, 0.15) is 6.61 Å². The van der Waals surface area contributed by atoms with E-state index in [9.17, 15) is 14.9 Å². The van der Waals surface area contributed by atoms with Gasteiger partial charge >= 0.3 is 0 Å². The average molecular weight is 162 g/mol. The minimum atomic E-state index is -0.917. The Hall–Kier alpha value is -1.33. The van der Waals surface area contributed by atoms with Gasteiger partial charge in [0.15, 0.2) is 0 Å². The lowest BCUT2D eigenvalue weighted by Crippen LogP contribution is -2.24. The molecular formula is C5H10N2O4. The first-order valence-electron chi connectivity index (χ1n) is 3.20. The third-order valence-corrected chi connectivity index (χ3v) is 0.900. The van der Waals surface area contributed by atoms with Gasteiger partial charge in [-0.2, -0.15) is 0 Å². The molecule has 0 unspecified atom stereocenters. The number of carbonyl (C=O) groups excluding carboxylic acids is 1. The molecule has 0 aliphatic rings. The highest BCUT2D eigenvalue weighted by Crippen LogP contribution is 1.82. The van der Waals surface area contributed by atoms with Crippen LogP contribution >= 0.6 is 0 Å². The van der Waals surface area contributed by atoms with E-state index >= 15 is 0 Å². The van der Waals surface area contributed by atoms with Crippen LogP contribution in [0.3, 0.4) is 0 Å². The van der Waals surface area contributed by atoms with Gasteiger partial charge in [-0.05, 0) is 6.92 Å². The number of amides is 1. The zero-order chi connectivity index (χ0) is 8.69. The summed E-state index contributed by atoms with van der Waals surface area (Å²) in [6.07, 6.45) is 0.0226. The number of hydrogen-bond acceptors (Lipinski definition) is 4. The molecule has 0 fully saturated rings. The quantitative estimate of drug-likeness (QED) is 0.445. The maximum Gasteiger partial charge on any atom is 0.294 e. The van der Waals surface area contributed by atoms with Crippen molar-refractivity contribution in [3.63, 3.8) is 0 Å². The molecule has 6 nitrogen and oxygen atoms in total. The van der Waals surface area contributed by atoms with Crippen LogP contribution < -0.4 is 5.32 Å². The van der Waals surface area contributed by atoms with Gasteiger partial charge in [0.25, 0.3) is 5.09 Å². The van der Waals surface area contributed by atoms with Crippen molar-refractivity contribution < 1.29 is 14.7 Å². The molecule has 0 heterocycles. The second-order valence-electron chi connectivity index (χ2n) is 1.76. The molecule has 64 valence electrons. The van der Waals surface area contributed by atoms with Crippen LogP contribution in [-0.4, -0.2) is 24.1 Å². The van der Waals surface area contributed by atoms with E-state index < -0.39 is 5.09 Å². The Bertz CT molecular complexity index is 147. The third kappa shape index (κ3) is 6.56. The first-order valence-corrected chi connectivity index (χ1v) is 3.20. The summed E-state index contributed by atoms with van der Waals surface area (Å²) < 4.78 is 0. The van der Waals surface area contributed by atoms with Gasteiger partial charge in [0, 0.05) is 6.54 Å². The second kappa shape index (κ2) is 5.45. The highest BCUT2D eigenvalue weighted by Gasteiger charge is 2.00. The van der Waals surface area contributed by atoms with E-state index in [0.717, 1.165) is 0 Å². The van der Waals surface area contributed by atoms with E-state index in [4.69, 9.17) is 0 Å². The van der Waals surface area contributed by atoms with Gasteiger partial charge in [-0.1, -0.05) is 0 Å². The molecule has 0 aromatic carbocycles. The van der Waals surface area contributed by atoms with Crippen LogP contribution in [0.1, 0.15) is 13.3 Å². The van der Waals surface area contributed by atoms with Gasteiger partial charge in [-0.25, -0.2) is 0 Å². The first kappa shape index (κ1) is 9.67. The Balaban J connectivity index is 3.24. The monoisotopic (exact) mass is 162 g/mol. The van der Waals surface area contributed by atoms with Crippen molar-refractivity contribution in [3.05, 3.63) is 10.1 Å². The molecule has 6 heteroatoms. The molecule has 0 saturated carbocycles. The fourth-order valence-electron chi connectivity index (χ4n) is 0.498. The van der Waals surface area contributed by atoms with E-state index in [2.05, 4.69) is 10.2 Å². The van der Waals surface area contributed by atoms with Crippen LogP contribution in [0.4, 0.5) is 0 Å². The summed E-state index contributed by atoms with van der Waals surface area (Å²) in [5.74, 6) is -0.241. The molecule has 0 bridgehead atoms. The van der Waals surface area contributed by atoms with Crippen LogP contribution in [0.25, 0.3) is 0 Å². The molecule has 0 aromatic heterocycles. The Kier molecular flexibility index (Phi) is 4.80. The highest BCUT2D eigenvalue weighted by molar-refractivity contribution is 5.75. The molecule has 0 aliphatic heterocycles. The zero-order valence-corrected chi connectivity index (χ0v) is 6.20. The lowest BCUT2D eigenvalue weighted by atomic mass is 10.4. The van der Waals surface area contributed by atoms with Crippen molar-refractivity contribution in [2.75, 3.05) is 13.2 Å². The Labute approximate surface area is 63.6 Å². The summed E-state index contributed by atoms with van der Waals surface area (Å²) in [7, 11) is 0. The van der Waals surface area contributed by atoms with Crippen molar-refractivity contribution >= 4 is 5.91 Å². The summed E-state index contributed by atoms with van der Waals surface area (Å²) in [4.78, 5) is 24.1. The molecule has 1 amide bonds. The summed E-state index contributed by atoms with van der Waals surface area (Å²) >= 11 is 0. The molecule has 0 rings (SSSR count). The number of hydrogen-bond donors (Lipinski definition) is 1. The number of nitrogens with zero attached hydrogens (tertiary/aromatic N) is 1. The van der Waals surface area contributed by atoms with Crippen molar-refractivity contribution in [2.45, 2.75) is 13.3 Å². The summed E-state index contributed by atoms with van der Waals surface area (Å²) in [6.45, 7) is 2.11. The molecule has 0 saturated heterocycles. The van der Waals surface area contributed by atoms with E-state index in [1.165, 1.54) is 0 Å². The standard InChI is InChI=1S/C5H10N2O4/c1-2-6-5(8)3-4-11-7(9)10/h2-4H2,1H3,(H,6,8). The van der Waals surface area contributed by atoms with Crippen molar-refractivity contribution in [1.29, 1.82) is 0 Å². The molecule has 1 N–H and O–H groups in total.